The summed E-state index contributed by atoms with van der Waals surface area (Å²) in [6, 6.07) is 11.2. The zero-order chi connectivity index (χ0) is 22.7. The molecular formula is C23H23N7O2. The van der Waals surface area contributed by atoms with E-state index in [4.69, 9.17) is 5.26 Å². The highest BCUT2D eigenvalue weighted by Gasteiger charge is 2.56. The van der Waals surface area contributed by atoms with Crippen LogP contribution in [0.25, 0.3) is 0 Å². The second-order valence-electron chi connectivity index (χ2n) is 8.16. The summed E-state index contributed by atoms with van der Waals surface area (Å²) < 4.78 is 0. The van der Waals surface area contributed by atoms with Gasteiger partial charge >= 0.3 is 0 Å². The predicted molar refractivity (Wildman–Crippen MR) is 117 cm³/mol. The van der Waals surface area contributed by atoms with Crippen molar-refractivity contribution in [1.29, 1.82) is 10.5 Å². The van der Waals surface area contributed by atoms with Gasteiger partial charge in [0, 0.05) is 44.3 Å². The van der Waals surface area contributed by atoms with Gasteiger partial charge < -0.3 is 15.1 Å². The van der Waals surface area contributed by atoms with Crippen LogP contribution in [0.3, 0.4) is 0 Å². The van der Waals surface area contributed by atoms with Crippen molar-refractivity contribution in [3.8, 4) is 12.1 Å². The van der Waals surface area contributed by atoms with E-state index >= 15 is 0 Å². The van der Waals surface area contributed by atoms with E-state index in [0.717, 1.165) is 12.8 Å². The zero-order valence-corrected chi connectivity index (χ0v) is 17.8. The third-order valence-corrected chi connectivity index (χ3v) is 6.06. The molecule has 0 radical (unpaired) electrons. The summed E-state index contributed by atoms with van der Waals surface area (Å²) in [6.07, 6.45) is 5.78. The molecule has 1 saturated heterocycles. The molecule has 2 fully saturated rings. The first-order chi connectivity index (χ1) is 15.5. The molecular weight excluding hydrogens is 406 g/mol. The molecule has 2 aliphatic rings. The SMILES string of the molecule is CN(CCC#N)C(=O)c1ccc(Nc2cc(N3CC[C@@](C#N)(C4CC4)C3=O)ccn2)nc1. The molecule has 1 saturated carbocycles. The van der Waals surface area contributed by atoms with Crippen molar-refractivity contribution in [2.24, 2.45) is 11.3 Å². The van der Waals surface area contributed by atoms with E-state index in [1.807, 2.05) is 6.07 Å². The Morgan fingerprint density at radius 3 is 2.75 bits per heavy atom. The molecule has 0 bridgehead atoms. The number of nitrogens with one attached hydrogen (secondary N) is 1. The lowest BCUT2D eigenvalue weighted by atomic mass is 9.83. The molecule has 1 aliphatic carbocycles. The first-order valence-corrected chi connectivity index (χ1v) is 10.5. The lowest BCUT2D eigenvalue weighted by Gasteiger charge is -2.21. The van der Waals surface area contributed by atoms with Crippen molar-refractivity contribution >= 4 is 29.1 Å². The maximum atomic E-state index is 13.0. The van der Waals surface area contributed by atoms with Crippen LogP contribution in [-0.4, -0.2) is 46.8 Å². The molecule has 4 rings (SSSR count). The number of carbonyl (C=O) groups excluding carboxylic acids is 2. The fraction of sp³-hybridized carbons (Fsp3) is 0.391. The average molecular weight is 429 g/mol. The van der Waals surface area contributed by atoms with Crippen LogP contribution in [0.4, 0.5) is 17.3 Å². The van der Waals surface area contributed by atoms with E-state index in [0.29, 0.717) is 42.4 Å². The Morgan fingerprint density at radius 1 is 1.28 bits per heavy atom. The first-order valence-electron chi connectivity index (χ1n) is 10.5. The number of anilines is 3. The van der Waals surface area contributed by atoms with Gasteiger partial charge in [-0.25, -0.2) is 9.97 Å². The smallest absolute Gasteiger partial charge is 0.255 e. The maximum absolute atomic E-state index is 13.0. The number of hydrogen-bond acceptors (Lipinski definition) is 7. The van der Waals surface area contributed by atoms with Gasteiger partial charge in [0.1, 0.15) is 17.1 Å². The van der Waals surface area contributed by atoms with Gasteiger partial charge in [-0.2, -0.15) is 10.5 Å². The van der Waals surface area contributed by atoms with Crippen LogP contribution in [0.15, 0.2) is 36.7 Å². The lowest BCUT2D eigenvalue weighted by Crippen LogP contribution is -2.35. The van der Waals surface area contributed by atoms with Crippen molar-refractivity contribution in [3.63, 3.8) is 0 Å². The Kier molecular flexibility index (Phi) is 5.74. The number of carbonyl (C=O) groups is 2. The zero-order valence-electron chi connectivity index (χ0n) is 17.8. The Bertz CT molecular complexity index is 1110. The third-order valence-electron chi connectivity index (χ3n) is 6.06. The minimum atomic E-state index is -0.888. The van der Waals surface area contributed by atoms with Crippen LogP contribution in [0, 0.1) is 34.0 Å². The number of aromatic nitrogens is 2. The van der Waals surface area contributed by atoms with Crippen LogP contribution < -0.4 is 10.2 Å². The van der Waals surface area contributed by atoms with E-state index in [2.05, 4.69) is 21.4 Å². The monoisotopic (exact) mass is 429 g/mol. The van der Waals surface area contributed by atoms with E-state index in [9.17, 15) is 14.9 Å². The minimum absolute atomic E-state index is 0.124. The summed E-state index contributed by atoms with van der Waals surface area (Å²) in [5.41, 5.74) is 0.228. The van der Waals surface area contributed by atoms with Crippen molar-refractivity contribution in [2.75, 3.05) is 30.4 Å². The summed E-state index contributed by atoms with van der Waals surface area (Å²) >= 11 is 0. The summed E-state index contributed by atoms with van der Waals surface area (Å²) in [7, 11) is 1.64. The van der Waals surface area contributed by atoms with E-state index in [-0.39, 0.29) is 24.2 Å². The number of rotatable bonds is 7. The average Bonchev–Trinajstić information content (AvgIpc) is 3.61. The Balaban J connectivity index is 1.45. The molecule has 1 atom stereocenters. The molecule has 0 aromatic carbocycles. The van der Waals surface area contributed by atoms with Gasteiger partial charge in [-0.1, -0.05) is 0 Å². The van der Waals surface area contributed by atoms with Crippen LogP contribution >= 0.6 is 0 Å². The number of nitrogens with zero attached hydrogens (tertiary/aromatic N) is 6. The maximum Gasteiger partial charge on any atom is 0.255 e. The molecule has 1 aliphatic heterocycles. The van der Waals surface area contributed by atoms with Gasteiger partial charge in [0.25, 0.3) is 5.91 Å². The molecule has 162 valence electrons. The summed E-state index contributed by atoms with van der Waals surface area (Å²) in [5.74, 6) is 0.857. The van der Waals surface area contributed by atoms with Gasteiger partial charge in [0.15, 0.2) is 0 Å². The first kappa shape index (κ1) is 21.3. The Labute approximate surface area is 186 Å². The molecule has 0 spiro atoms. The molecule has 9 nitrogen and oxygen atoms in total. The molecule has 9 heteroatoms. The summed E-state index contributed by atoms with van der Waals surface area (Å²) in [4.78, 5) is 37.1. The molecule has 2 aromatic rings. The molecule has 2 amide bonds. The van der Waals surface area contributed by atoms with Gasteiger partial charge in [-0.15, -0.1) is 0 Å². The summed E-state index contributed by atoms with van der Waals surface area (Å²) in [6.45, 7) is 0.871. The second-order valence-corrected chi connectivity index (χ2v) is 8.16. The van der Waals surface area contributed by atoms with Crippen molar-refractivity contribution in [3.05, 3.63) is 42.2 Å². The Morgan fingerprint density at radius 2 is 2.09 bits per heavy atom. The van der Waals surface area contributed by atoms with E-state index in [1.165, 1.54) is 11.1 Å². The number of nitriles is 2. The minimum Gasteiger partial charge on any atom is -0.341 e. The molecule has 2 aromatic heterocycles. The van der Waals surface area contributed by atoms with Crippen LogP contribution in [0.1, 0.15) is 36.0 Å². The van der Waals surface area contributed by atoms with Crippen LogP contribution in [0.2, 0.25) is 0 Å². The quantitative estimate of drug-likeness (QED) is 0.717. The number of hydrogen-bond donors (Lipinski definition) is 1. The fourth-order valence-electron chi connectivity index (χ4n) is 4.05. The number of pyridine rings is 2. The Hall–Kier alpha value is -3.98. The number of amides is 2. The highest BCUT2D eigenvalue weighted by atomic mass is 16.2. The van der Waals surface area contributed by atoms with Crippen molar-refractivity contribution < 1.29 is 9.59 Å². The second kappa shape index (κ2) is 8.64. The van der Waals surface area contributed by atoms with Gasteiger partial charge in [-0.3, -0.25) is 9.59 Å². The molecule has 3 heterocycles. The largest absolute Gasteiger partial charge is 0.341 e. The van der Waals surface area contributed by atoms with Gasteiger partial charge in [0.05, 0.1) is 24.1 Å². The predicted octanol–water partition coefficient (Wildman–Crippen LogP) is 2.86. The van der Waals surface area contributed by atoms with E-state index in [1.54, 1.807) is 42.4 Å². The van der Waals surface area contributed by atoms with Crippen LogP contribution in [-0.2, 0) is 4.79 Å². The topological polar surface area (TPSA) is 126 Å². The van der Waals surface area contributed by atoms with Crippen LogP contribution in [0.5, 0.6) is 0 Å². The molecule has 0 unspecified atom stereocenters. The van der Waals surface area contributed by atoms with Crippen molar-refractivity contribution in [2.45, 2.75) is 25.7 Å². The summed E-state index contributed by atoms with van der Waals surface area (Å²) in [5, 5.41) is 21.4. The lowest BCUT2D eigenvalue weighted by molar-refractivity contribution is -0.123. The van der Waals surface area contributed by atoms with E-state index < -0.39 is 5.41 Å². The van der Waals surface area contributed by atoms with Crippen molar-refractivity contribution in [1.82, 2.24) is 14.9 Å². The normalized spacial score (nSPS) is 19.8. The third kappa shape index (κ3) is 3.97. The molecule has 32 heavy (non-hydrogen) atoms. The standard InChI is InChI=1S/C23H23N7O2/c1-29(11-2-9-24)21(31)16-3-6-19(27-14-16)28-20-13-18(7-10-26-20)30-12-8-23(15-25,22(30)32)17-4-5-17/h3,6-7,10,13-14,17H,2,4-5,8,11-12H2,1H3,(H,26,27,28)/t23-/m1/s1. The fourth-order valence-corrected chi connectivity index (χ4v) is 4.05. The highest BCUT2D eigenvalue weighted by Crippen LogP contribution is 2.51. The van der Waals surface area contributed by atoms with Gasteiger partial charge in [0.2, 0.25) is 5.91 Å². The highest BCUT2D eigenvalue weighted by molar-refractivity contribution is 6.02. The molecule has 1 N–H and O–H groups in total. The van der Waals surface area contributed by atoms with Gasteiger partial charge in [-0.05, 0) is 43.4 Å².